The van der Waals surface area contributed by atoms with Gasteiger partial charge in [-0.05, 0) is 61.0 Å². The Balaban J connectivity index is 0.000000231. The summed E-state index contributed by atoms with van der Waals surface area (Å²) in [6.07, 6.45) is 3.90. The molecule has 0 saturated heterocycles. The average Bonchev–Trinajstić information content (AvgIpc) is 3.27. The van der Waals surface area contributed by atoms with Crippen LogP contribution < -0.4 is 29.6 Å². The Labute approximate surface area is 352 Å². The third-order valence-corrected chi connectivity index (χ3v) is 9.44. The highest BCUT2D eigenvalue weighted by Crippen LogP contribution is 2.37. The van der Waals surface area contributed by atoms with Crippen molar-refractivity contribution in [3.8, 4) is 23.0 Å². The molecule has 6 rings (SSSR count). The van der Waals surface area contributed by atoms with E-state index in [4.69, 9.17) is 23.7 Å². The number of pyridine rings is 2. The molecule has 0 bridgehead atoms. The highest BCUT2D eigenvalue weighted by atomic mass is 16.5. The number of fused-ring (bicyclic) bond motifs is 2. The molecular weight excluding hydrogens is 785 g/mol. The number of nitrogens with one attached hydrogen (secondary N) is 2. The summed E-state index contributed by atoms with van der Waals surface area (Å²) in [4.78, 5) is 69.4. The molecule has 3 N–H and O–H groups in total. The Hall–Kier alpha value is -7.55. The van der Waals surface area contributed by atoms with Gasteiger partial charge in [0.2, 0.25) is 17.6 Å². The fourth-order valence-corrected chi connectivity index (χ4v) is 6.38. The van der Waals surface area contributed by atoms with Crippen molar-refractivity contribution in [2.45, 2.75) is 40.0 Å². The van der Waals surface area contributed by atoms with Crippen LogP contribution in [0.25, 0.3) is 21.5 Å². The second-order valence-corrected chi connectivity index (χ2v) is 13.3. The number of carboxylic acid groups (broad SMARTS) is 1. The first-order valence-electron chi connectivity index (χ1n) is 19.2. The maximum atomic E-state index is 13.2. The number of amides is 2. The standard InChI is InChI=1S/C24H26N2O5.C22H20N2O6/c1-5-23(27)26-16-9-7-8-15(10-16)11-20-18-13-22(30-4)21(29-3)12-17(18)19(14-25-20)24(28)31-6-2;1-4-19(25)24-13-7-5-6-12(8-13)21(26)20-15-10-18(30-3)17(29-2)9-14(15)16(11-23-20)22(27)28/h7-10,12-14H,5-6,11H2,1-4H3,(H,26,27);5-11H,4H2,1-3H3,(H,24,25)(H,27,28). The summed E-state index contributed by atoms with van der Waals surface area (Å²) in [6.45, 7) is 5.56. The van der Waals surface area contributed by atoms with Crippen LogP contribution >= 0.6 is 0 Å². The van der Waals surface area contributed by atoms with Gasteiger partial charge in [-0.2, -0.15) is 0 Å². The van der Waals surface area contributed by atoms with Gasteiger partial charge in [0.05, 0.1) is 51.9 Å². The van der Waals surface area contributed by atoms with Gasteiger partial charge in [-0.1, -0.05) is 38.1 Å². The van der Waals surface area contributed by atoms with Gasteiger partial charge in [-0.25, -0.2) is 9.59 Å². The second-order valence-electron chi connectivity index (χ2n) is 13.3. The number of nitrogens with zero attached hydrogens (tertiary/aromatic N) is 2. The van der Waals surface area contributed by atoms with Crippen molar-refractivity contribution < 1.29 is 52.8 Å². The predicted molar refractivity (Wildman–Crippen MR) is 230 cm³/mol. The lowest BCUT2D eigenvalue weighted by atomic mass is 9.98. The van der Waals surface area contributed by atoms with Gasteiger partial charge in [-0.15, -0.1) is 0 Å². The van der Waals surface area contributed by atoms with E-state index in [1.807, 2.05) is 37.3 Å². The molecule has 0 atom stereocenters. The van der Waals surface area contributed by atoms with E-state index in [0.717, 1.165) is 28.5 Å². The summed E-state index contributed by atoms with van der Waals surface area (Å²) in [5, 5.41) is 17.2. The number of esters is 1. The highest BCUT2D eigenvalue weighted by Gasteiger charge is 2.22. The van der Waals surface area contributed by atoms with Crippen molar-refractivity contribution in [3.05, 3.63) is 119 Å². The zero-order valence-corrected chi connectivity index (χ0v) is 34.8. The molecule has 0 fully saturated rings. The van der Waals surface area contributed by atoms with E-state index in [0.29, 0.717) is 75.2 Å². The Kier molecular flexibility index (Phi) is 14.9. The average molecular weight is 831 g/mol. The quantitative estimate of drug-likeness (QED) is 0.0667. The minimum Gasteiger partial charge on any atom is -0.493 e. The number of carbonyl (C=O) groups excluding carboxylic acids is 4. The van der Waals surface area contributed by atoms with Crippen LogP contribution in [-0.2, 0) is 20.7 Å². The molecule has 4 aromatic carbocycles. The predicted octanol–water partition coefficient (Wildman–Crippen LogP) is 7.90. The van der Waals surface area contributed by atoms with Crippen molar-refractivity contribution in [3.63, 3.8) is 0 Å². The van der Waals surface area contributed by atoms with Gasteiger partial charge in [0, 0.05) is 70.1 Å². The normalized spacial score (nSPS) is 10.5. The fraction of sp³-hybridized carbons (Fsp3) is 0.239. The SMILES string of the molecule is CCC(=O)Nc1cccc(C(=O)c2ncc(C(=O)O)c3cc(OC)c(OC)cc23)c1.CCOC(=O)c1cnc(Cc2cccc(NC(=O)CC)c2)c2cc(OC)c(OC)cc12. The van der Waals surface area contributed by atoms with Crippen LogP contribution in [0.1, 0.15) is 81.6 Å². The fourth-order valence-electron chi connectivity index (χ4n) is 6.38. The summed E-state index contributed by atoms with van der Waals surface area (Å²) in [6, 6.07) is 20.7. The van der Waals surface area contributed by atoms with Crippen LogP contribution in [0.4, 0.5) is 11.4 Å². The van der Waals surface area contributed by atoms with Crippen molar-refractivity contribution in [2.75, 3.05) is 45.7 Å². The molecule has 2 aromatic heterocycles. The lowest BCUT2D eigenvalue weighted by Crippen LogP contribution is -2.11. The smallest absolute Gasteiger partial charge is 0.340 e. The third-order valence-electron chi connectivity index (χ3n) is 9.44. The Morgan fingerprint density at radius 1 is 0.607 bits per heavy atom. The zero-order valence-electron chi connectivity index (χ0n) is 34.8. The van der Waals surface area contributed by atoms with Crippen LogP contribution in [0, 0.1) is 0 Å². The molecule has 61 heavy (non-hydrogen) atoms. The monoisotopic (exact) mass is 830 g/mol. The van der Waals surface area contributed by atoms with E-state index >= 15 is 0 Å². The molecule has 2 heterocycles. The van der Waals surface area contributed by atoms with Crippen molar-refractivity contribution in [1.82, 2.24) is 9.97 Å². The summed E-state index contributed by atoms with van der Waals surface area (Å²) in [5.74, 6) is -0.524. The number of ketones is 1. The molecule has 0 aliphatic rings. The molecule has 6 aromatic rings. The number of hydrogen-bond acceptors (Lipinski definition) is 12. The number of carbonyl (C=O) groups is 5. The summed E-state index contributed by atoms with van der Waals surface area (Å²) < 4.78 is 26.6. The van der Waals surface area contributed by atoms with E-state index in [9.17, 15) is 29.1 Å². The van der Waals surface area contributed by atoms with E-state index in [1.54, 1.807) is 58.4 Å². The molecule has 0 unspecified atom stereocenters. The van der Waals surface area contributed by atoms with E-state index < -0.39 is 17.7 Å². The maximum absolute atomic E-state index is 13.2. The lowest BCUT2D eigenvalue weighted by Gasteiger charge is -2.14. The molecule has 0 radical (unpaired) electrons. The molecule has 0 spiro atoms. The molecule has 15 nitrogen and oxygen atoms in total. The summed E-state index contributed by atoms with van der Waals surface area (Å²) in [7, 11) is 5.99. The minimum absolute atomic E-state index is 0.0451. The zero-order chi connectivity index (χ0) is 44.2. The van der Waals surface area contributed by atoms with Crippen molar-refractivity contribution in [1.29, 1.82) is 0 Å². The van der Waals surface area contributed by atoms with Gasteiger partial charge >= 0.3 is 11.9 Å². The van der Waals surface area contributed by atoms with Crippen LogP contribution in [0.5, 0.6) is 23.0 Å². The number of rotatable bonds is 15. The van der Waals surface area contributed by atoms with Crippen molar-refractivity contribution >= 4 is 62.5 Å². The number of anilines is 2. The van der Waals surface area contributed by atoms with Crippen LogP contribution in [0.3, 0.4) is 0 Å². The number of benzene rings is 4. The minimum atomic E-state index is -1.18. The number of aromatic nitrogens is 2. The highest BCUT2D eigenvalue weighted by molar-refractivity contribution is 6.18. The van der Waals surface area contributed by atoms with Crippen LogP contribution in [0.15, 0.2) is 85.2 Å². The van der Waals surface area contributed by atoms with E-state index in [2.05, 4.69) is 20.6 Å². The molecule has 0 saturated carbocycles. The van der Waals surface area contributed by atoms with Gasteiger partial charge < -0.3 is 39.4 Å². The summed E-state index contributed by atoms with van der Waals surface area (Å²) in [5.41, 5.74) is 3.63. The van der Waals surface area contributed by atoms with Crippen molar-refractivity contribution in [2.24, 2.45) is 0 Å². The molecule has 15 heteroatoms. The molecule has 0 aliphatic carbocycles. The van der Waals surface area contributed by atoms with E-state index in [1.165, 1.54) is 32.5 Å². The number of hydrogen-bond donors (Lipinski definition) is 3. The molecular formula is C46H46N4O11. The van der Waals surface area contributed by atoms with Crippen LogP contribution in [-0.4, -0.2) is 79.7 Å². The molecule has 0 aliphatic heterocycles. The Morgan fingerprint density at radius 2 is 1.11 bits per heavy atom. The van der Waals surface area contributed by atoms with Gasteiger partial charge in [-0.3, -0.25) is 24.4 Å². The van der Waals surface area contributed by atoms with Gasteiger partial charge in [0.1, 0.15) is 5.69 Å². The largest absolute Gasteiger partial charge is 0.493 e. The molecule has 2 amide bonds. The third kappa shape index (κ3) is 10.4. The van der Waals surface area contributed by atoms with Gasteiger partial charge in [0.25, 0.3) is 0 Å². The summed E-state index contributed by atoms with van der Waals surface area (Å²) >= 11 is 0. The maximum Gasteiger partial charge on any atom is 0.340 e. The number of carboxylic acids is 1. The number of methoxy groups -OCH3 is 4. The lowest BCUT2D eigenvalue weighted by molar-refractivity contribution is -0.116. The van der Waals surface area contributed by atoms with Crippen LogP contribution in [0.2, 0.25) is 0 Å². The number of ether oxygens (including phenoxy) is 5. The Morgan fingerprint density at radius 3 is 1.66 bits per heavy atom. The number of aromatic carboxylic acids is 1. The van der Waals surface area contributed by atoms with Gasteiger partial charge in [0.15, 0.2) is 23.0 Å². The first-order chi connectivity index (χ1) is 29.4. The first kappa shape index (κ1) is 44.6. The Bertz CT molecular complexity index is 2630. The first-order valence-corrected chi connectivity index (χ1v) is 19.2. The topological polar surface area (TPSA) is 202 Å². The van der Waals surface area contributed by atoms with E-state index in [-0.39, 0.29) is 29.7 Å². The molecule has 316 valence electrons. The second kappa shape index (κ2) is 20.4.